The molecule has 0 atom stereocenters. The molecule has 0 saturated carbocycles. The van der Waals surface area contributed by atoms with Gasteiger partial charge in [0.1, 0.15) is 16.7 Å². The van der Waals surface area contributed by atoms with Gasteiger partial charge in [0.15, 0.2) is 0 Å². The molecule has 0 fully saturated rings. The Balaban J connectivity index is 0.000000144. The number of pyridine rings is 8. The summed E-state index contributed by atoms with van der Waals surface area (Å²) in [7, 11) is -5.40. The van der Waals surface area contributed by atoms with Gasteiger partial charge in [-0.1, -0.05) is 283 Å². The Labute approximate surface area is 937 Å². The van der Waals surface area contributed by atoms with Crippen molar-refractivity contribution in [2.45, 2.75) is 106 Å². The van der Waals surface area contributed by atoms with E-state index in [0.29, 0.717) is 5.92 Å². The van der Waals surface area contributed by atoms with E-state index in [1.807, 2.05) is 260 Å². The smallest absolute Gasteiger partial charge is 0.120 e. The summed E-state index contributed by atoms with van der Waals surface area (Å²) >= 11 is 1.83. The van der Waals surface area contributed by atoms with Crippen LogP contribution in [0.3, 0.4) is 0 Å². The minimum Gasteiger partial charge on any atom is -0.500 e. The molecule has 754 valence electrons. The van der Waals surface area contributed by atoms with Gasteiger partial charge in [-0.15, -0.1) is 239 Å². The van der Waals surface area contributed by atoms with Crippen LogP contribution < -0.4 is 20.7 Å². The second-order valence-corrected chi connectivity index (χ2v) is 61.2. The molecule has 24 rings (SSSR count). The molecular weight excluding hydrogens is 2620 g/mol. The monoisotopic (exact) mass is 2740 g/mol. The summed E-state index contributed by atoms with van der Waals surface area (Å²) in [4.78, 5) is 35.8. The third-order valence-electron chi connectivity index (χ3n) is 24.5. The van der Waals surface area contributed by atoms with E-state index >= 15 is 0 Å². The molecule has 11 nitrogen and oxygen atoms in total. The van der Waals surface area contributed by atoms with Gasteiger partial charge in [-0.25, -0.2) is 0 Å². The maximum atomic E-state index is 5.94. The van der Waals surface area contributed by atoms with Crippen LogP contribution in [0.2, 0.25) is 78.6 Å². The number of benzene rings is 12. The summed E-state index contributed by atoms with van der Waals surface area (Å²) in [6.07, 6.45) is 16.5. The van der Waals surface area contributed by atoms with Crippen LogP contribution in [0.1, 0.15) is 25.0 Å². The van der Waals surface area contributed by atoms with Gasteiger partial charge in [0, 0.05) is 151 Å². The van der Waals surface area contributed by atoms with Crippen molar-refractivity contribution in [1.82, 2.24) is 39.9 Å². The van der Waals surface area contributed by atoms with E-state index in [0.717, 1.165) is 162 Å². The summed E-state index contributed by atoms with van der Waals surface area (Å²) in [5, 5.41) is 15.0. The fourth-order valence-corrected chi connectivity index (χ4v) is 23.4. The van der Waals surface area contributed by atoms with Gasteiger partial charge in [0.2, 0.25) is 0 Å². The standard InChI is InChI=1S/C24H26NOSi.C21H20NOSi.C20H18NOSi.C20H18NSSi.4C11H8N.4Ir/c1-16(2)12-18-14-21(25-15-24(18)27(3,4)5)17-10-11-23-20(13-17)19-8-6-7-9-22(19)26-23;1-14-11-18(22-13-21(14)24(2,3)4)15-9-10-20-17(12-15)16-7-5-6-8-19(16)23-20;2*1-23(2,3)15-9-10-18(21-13-15)14-8-11-20-17(12-14)16-6-4-5-7-19(16)22-20;4*1-2-6-10(7-3-1)11-8-4-5-9-12-11;;;;/h6-9,11,13-16H,12H2,1-5H3;5-8,10-13H,1-4H3;2*4-7,9-13H,1-3H3;4*1-6,8-9H;;;;/q8*-1;;;;. The molecule has 0 amide bonds. The summed E-state index contributed by atoms with van der Waals surface area (Å²) in [6.45, 7) is 35.0. The number of aromatic nitrogens is 8. The SMILES string of the molecule is CC(C)Cc1cc(-c2[c-]cc3oc4ccccc4c3c2)ncc1[Si](C)(C)C.C[Si](C)(C)c1ccc(-c2[c-]cc3oc4ccccc4c3c2)nc1.C[Si](C)(C)c1ccc(-c2[c-]cc3sc4ccccc4c3c2)nc1.Cc1cc(-c2[c-]cc3oc4ccccc4c3c2)ncc1[Si](C)(C)C.[Ir].[Ir].[Ir].[Ir].[c-]1ccccc1-c1ccccn1.[c-]1ccccc1-c1ccccn1.[c-]1ccccc1-c1ccccn1.[c-]1ccccc1-c1ccccn1. The van der Waals surface area contributed by atoms with Crippen molar-refractivity contribution in [3.8, 4) is 90.1 Å². The third kappa shape index (κ3) is 29.4. The van der Waals surface area contributed by atoms with Gasteiger partial charge < -0.3 is 53.1 Å². The van der Waals surface area contributed by atoms with Crippen LogP contribution in [0, 0.1) is 61.4 Å². The molecule has 0 saturated heterocycles. The zero-order valence-corrected chi connectivity index (χ0v) is 100. The first-order chi connectivity index (χ1) is 70.2. The van der Waals surface area contributed by atoms with Crippen molar-refractivity contribution in [2.24, 2.45) is 5.92 Å². The molecule has 0 N–H and O–H groups in total. The van der Waals surface area contributed by atoms with E-state index in [1.54, 1.807) is 24.8 Å². The second-order valence-electron chi connectivity index (χ2n) is 39.9. The number of furan rings is 3. The first kappa shape index (κ1) is 113. The number of nitrogens with zero attached hydrogens (tertiary/aromatic N) is 8. The zero-order chi connectivity index (χ0) is 101. The maximum absolute atomic E-state index is 5.94. The van der Waals surface area contributed by atoms with E-state index in [4.69, 9.17) is 28.2 Å². The largest absolute Gasteiger partial charge is 0.500 e. The Morgan fingerprint density at radius 3 is 0.879 bits per heavy atom. The molecule has 0 aliphatic heterocycles. The molecule has 0 unspecified atom stereocenters. The Kier molecular flexibility index (Phi) is 39.8. The first-order valence-corrected chi connectivity index (χ1v) is 63.7. The third-order valence-corrected chi connectivity index (χ3v) is 33.9. The fourth-order valence-electron chi connectivity index (χ4n) is 17.0. The Hall–Kier alpha value is -13.1. The van der Waals surface area contributed by atoms with Crippen LogP contribution in [-0.4, -0.2) is 72.2 Å². The van der Waals surface area contributed by atoms with Crippen molar-refractivity contribution in [3.63, 3.8) is 0 Å². The molecule has 12 aromatic carbocycles. The predicted molar refractivity (Wildman–Crippen MR) is 618 cm³/mol. The van der Waals surface area contributed by atoms with Gasteiger partial charge in [0.25, 0.3) is 0 Å². The fraction of sp³-hybridized carbons (Fsp3) is 0.132. The van der Waals surface area contributed by atoms with E-state index in [2.05, 4.69) is 300 Å². The molecule has 0 aliphatic rings. The zero-order valence-electron chi connectivity index (χ0n) is 85.9. The first-order valence-electron chi connectivity index (χ1n) is 48.9. The maximum Gasteiger partial charge on any atom is 0.120 e. The number of para-hydroxylation sites is 3. The van der Waals surface area contributed by atoms with Crippen LogP contribution >= 0.6 is 11.3 Å². The molecule has 20 heteroatoms. The molecule has 0 aliphatic carbocycles. The normalized spacial score (nSPS) is 11.1. The summed E-state index contributed by atoms with van der Waals surface area (Å²) in [5.74, 6) is 0.625. The molecular formula is C129H114Ir4N8O3SSi4-8. The van der Waals surface area contributed by atoms with Crippen molar-refractivity contribution in [2.75, 3.05) is 0 Å². The Morgan fingerprint density at radius 2 is 0.557 bits per heavy atom. The van der Waals surface area contributed by atoms with E-state index in [9.17, 15) is 0 Å². The van der Waals surface area contributed by atoms with E-state index in [1.165, 1.54) is 52.0 Å². The number of thiophene rings is 1. The van der Waals surface area contributed by atoms with Crippen molar-refractivity contribution >= 4 is 150 Å². The minimum atomic E-state index is -1.43. The molecule has 4 radical (unpaired) electrons. The van der Waals surface area contributed by atoms with Crippen LogP contribution in [0.4, 0.5) is 0 Å². The van der Waals surface area contributed by atoms with Crippen LogP contribution in [0.5, 0.6) is 0 Å². The van der Waals surface area contributed by atoms with E-state index in [-0.39, 0.29) is 80.4 Å². The average molecular weight is 2740 g/mol. The van der Waals surface area contributed by atoms with Gasteiger partial charge in [0.05, 0.1) is 49.0 Å². The summed E-state index contributed by atoms with van der Waals surface area (Å²) in [5.41, 5.74) is 24.2. The predicted octanol–water partition coefficient (Wildman–Crippen LogP) is 32.1. The van der Waals surface area contributed by atoms with Gasteiger partial charge in [-0.2, -0.15) is 11.3 Å². The molecule has 12 heterocycles. The number of hydrogen-bond donors (Lipinski definition) is 0. The van der Waals surface area contributed by atoms with Crippen LogP contribution in [0.25, 0.3) is 176 Å². The van der Waals surface area contributed by atoms with Crippen molar-refractivity contribution in [1.29, 1.82) is 0 Å². The molecule has 0 bridgehead atoms. The molecule has 24 aromatic rings. The summed E-state index contributed by atoms with van der Waals surface area (Å²) in [6, 6.07) is 143. The van der Waals surface area contributed by atoms with Gasteiger partial charge >= 0.3 is 0 Å². The number of hydrogen-bond acceptors (Lipinski definition) is 12. The number of aryl methyl sites for hydroxylation is 1. The average Bonchev–Trinajstić information content (AvgIpc) is 1.62. The molecule has 149 heavy (non-hydrogen) atoms. The number of fused-ring (bicyclic) bond motifs is 12. The Morgan fingerprint density at radius 1 is 0.248 bits per heavy atom. The van der Waals surface area contributed by atoms with Gasteiger partial charge in [-0.3, -0.25) is 0 Å². The van der Waals surface area contributed by atoms with Crippen LogP contribution in [0.15, 0.2) is 415 Å². The van der Waals surface area contributed by atoms with Gasteiger partial charge in [-0.05, 0) is 144 Å². The molecule has 12 aromatic heterocycles. The topological polar surface area (TPSA) is 143 Å². The quantitative estimate of drug-likeness (QED) is 0.0758. The number of rotatable bonds is 14. The van der Waals surface area contributed by atoms with Crippen molar-refractivity contribution in [3.05, 3.63) is 461 Å². The van der Waals surface area contributed by atoms with E-state index < -0.39 is 32.3 Å². The minimum absolute atomic E-state index is 0. The second kappa shape index (κ2) is 52.4. The van der Waals surface area contributed by atoms with Crippen molar-refractivity contribution < 1.29 is 93.7 Å². The Bertz CT molecular complexity index is 7790. The molecule has 0 spiro atoms. The summed E-state index contributed by atoms with van der Waals surface area (Å²) < 4.78 is 20.3. The van der Waals surface area contributed by atoms with Crippen LogP contribution in [-0.2, 0) is 86.8 Å².